The number of aromatic amines is 1. The smallest absolute Gasteiger partial charge is 0.348 e. The molecule has 0 bridgehead atoms. The molecule has 2 N–H and O–H groups in total. The van der Waals surface area contributed by atoms with Gasteiger partial charge in [-0.15, -0.1) is 0 Å². The lowest BCUT2D eigenvalue weighted by atomic mass is 10.1. The molecule has 0 aliphatic carbocycles. The van der Waals surface area contributed by atoms with Crippen molar-refractivity contribution in [2.45, 2.75) is 59.3 Å². The fraction of sp³-hybridized carbons (Fsp3) is 0.444. The molecular formula is C27H35N3O5. The standard InChI is InChI=1S/C27H35N3O5/c1-4-7-14-33-19-10-12-21(23(31)17-19)25-28-26(30-27(32)29-25)22-13-11-20(34-15-8-5-2)18-24(22)35-16-9-6-3/h10-13,17-18,31H,4-9,14-16H2,1-3H3,(H,28,29,30,32). The Morgan fingerprint density at radius 1 is 0.771 bits per heavy atom. The van der Waals surface area contributed by atoms with Crippen molar-refractivity contribution >= 4 is 0 Å². The molecular weight excluding hydrogens is 446 g/mol. The summed E-state index contributed by atoms with van der Waals surface area (Å²) < 4.78 is 17.5. The van der Waals surface area contributed by atoms with Gasteiger partial charge in [-0.05, 0) is 43.5 Å². The van der Waals surface area contributed by atoms with Gasteiger partial charge in [0.25, 0.3) is 0 Å². The minimum Gasteiger partial charge on any atom is -0.507 e. The van der Waals surface area contributed by atoms with Crippen molar-refractivity contribution in [3.05, 3.63) is 46.9 Å². The molecule has 3 rings (SSSR count). The lowest BCUT2D eigenvalue weighted by Gasteiger charge is -2.14. The Kier molecular flexibility index (Phi) is 9.95. The van der Waals surface area contributed by atoms with E-state index >= 15 is 0 Å². The third-order valence-electron chi connectivity index (χ3n) is 5.36. The van der Waals surface area contributed by atoms with Gasteiger partial charge in [0.15, 0.2) is 5.82 Å². The summed E-state index contributed by atoms with van der Waals surface area (Å²) in [6.45, 7) is 8.00. The molecule has 8 heteroatoms. The molecule has 3 aromatic rings. The van der Waals surface area contributed by atoms with Gasteiger partial charge in [0, 0.05) is 12.1 Å². The van der Waals surface area contributed by atoms with Crippen molar-refractivity contribution in [2.75, 3.05) is 19.8 Å². The van der Waals surface area contributed by atoms with Gasteiger partial charge in [-0.1, -0.05) is 40.0 Å². The van der Waals surface area contributed by atoms with E-state index in [-0.39, 0.29) is 17.4 Å². The number of ether oxygens (including phenoxy) is 3. The van der Waals surface area contributed by atoms with Crippen LogP contribution in [0.1, 0.15) is 59.3 Å². The zero-order valence-corrected chi connectivity index (χ0v) is 20.8. The van der Waals surface area contributed by atoms with Crippen LogP contribution in [-0.4, -0.2) is 39.9 Å². The molecule has 0 radical (unpaired) electrons. The summed E-state index contributed by atoms with van der Waals surface area (Å²) in [5.41, 5.74) is 0.382. The van der Waals surface area contributed by atoms with Crippen LogP contribution in [0.3, 0.4) is 0 Å². The summed E-state index contributed by atoms with van der Waals surface area (Å²) in [5, 5.41) is 10.6. The molecule has 0 aliphatic rings. The van der Waals surface area contributed by atoms with E-state index in [2.05, 4.69) is 35.7 Å². The summed E-state index contributed by atoms with van der Waals surface area (Å²) in [7, 11) is 0. The first-order valence-electron chi connectivity index (χ1n) is 12.4. The van der Waals surface area contributed by atoms with E-state index < -0.39 is 5.69 Å². The maximum absolute atomic E-state index is 12.4. The predicted octanol–water partition coefficient (Wildman–Crippen LogP) is 5.74. The Balaban J connectivity index is 1.94. The zero-order valence-electron chi connectivity index (χ0n) is 20.8. The summed E-state index contributed by atoms with van der Waals surface area (Å²) >= 11 is 0. The largest absolute Gasteiger partial charge is 0.507 e. The SMILES string of the molecule is CCCCOc1ccc(-c2nc(-c3ccc(OCCCC)cc3OCCCC)nc(=O)[nH]2)c(O)c1. The number of unbranched alkanes of at least 4 members (excludes halogenated alkanes) is 3. The maximum Gasteiger partial charge on any atom is 0.348 e. The van der Waals surface area contributed by atoms with Crippen LogP contribution in [0.15, 0.2) is 41.2 Å². The van der Waals surface area contributed by atoms with Crippen LogP contribution in [0.4, 0.5) is 0 Å². The molecule has 188 valence electrons. The fourth-order valence-electron chi connectivity index (χ4n) is 3.33. The molecule has 0 fully saturated rings. The number of nitrogens with one attached hydrogen (secondary N) is 1. The highest BCUT2D eigenvalue weighted by Crippen LogP contribution is 2.34. The summed E-state index contributed by atoms with van der Waals surface area (Å²) in [6, 6.07) is 10.4. The van der Waals surface area contributed by atoms with E-state index in [1.54, 1.807) is 18.2 Å². The van der Waals surface area contributed by atoms with Gasteiger partial charge < -0.3 is 19.3 Å². The highest BCUT2D eigenvalue weighted by atomic mass is 16.5. The van der Waals surface area contributed by atoms with Crippen LogP contribution in [0.2, 0.25) is 0 Å². The second kappa shape index (κ2) is 13.4. The molecule has 0 unspecified atom stereocenters. The van der Waals surface area contributed by atoms with Crippen molar-refractivity contribution in [3.63, 3.8) is 0 Å². The van der Waals surface area contributed by atoms with Crippen molar-refractivity contribution in [1.29, 1.82) is 0 Å². The molecule has 35 heavy (non-hydrogen) atoms. The van der Waals surface area contributed by atoms with Crippen LogP contribution in [-0.2, 0) is 0 Å². The number of benzene rings is 2. The van der Waals surface area contributed by atoms with E-state index in [1.807, 2.05) is 12.1 Å². The molecule has 8 nitrogen and oxygen atoms in total. The van der Waals surface area contributed by atoms with Gasteiger partial charge in [0.05, 0.1) is 30.9 Å². The number of hydrogen-bond donors (Lipinski definition) is 2. The van der Waals surface area contributed by atoms with Crippen molar-refractivity contribution in [2.24, 2.45) is 0 Å². The van der Waals surface area contributed by atoms with Gasteiger partial charge in [-0.2, -0.15) is 4.98 Å². The number of hydrogen-bond acceptors (Lipinski definition) is 7. The first-order chi connectivity index (χ1) is 17.0. The molecule has 0 aliphatic heterocycles. The number of phenols is 1. The third-order valence-corrected chi connectivity index (χ3v) is 5.36. The van der Waals surface area contributed by atoms with E-state index in [0.717, 1.165) is 38.5 Å². The second-order valence-corrected chi connectivity index (χ2v) is 8.27. The van der Waals surface area contributed by atoms with Gasteiger partial charge in [0.2, 0.25) is 0 Å². The molecule has 0 atom stereocenters. The maximum atomic E-state index is 12.4. The average Bonchev–Trinajstić information content (AvgIpc) is 2.84. The van der Waals surface area contributed by atoms with Crippen molar-refractivity contribution in [1.82, 2.24) is 15.0 Å². The Morgan fingerprint density at radius 2 is 1.34 bits per heavy atom. The normalized spacial score (nSPS) is 10.8. The van der Waals surface area contributed by atoms with E-state index in [4.69, 9.17) is 14.2 Å². The van der Waals surface area contributed by atoms with E-state index in [0.29, 0.717) is 48.2 Å². The highest BCUT2D eigenvalue weighted by molar-refractivity contribution is 5.70. The molecule has 0 saturated heterocycles. The van der Waals surface area contributed by atoms with Gasteiger partial charge in [-0.3, -0.25) is 4.98 Å². The topological polar surface area (TPSA) is 107 Å². The van der Waals surface area contributed by atoms with E-state index in [1.165, 1.54) is 6.07 Å². The Labute approximate surface area is 206 Å². The number of phenolic OH excluding ortho intramolecular Hbond substituents is 1. The van der Waals surface area contributed by atoms with Crippen molar-refractivity contribution < 1.29 is 19.3 Å². The van der Waals surface area contributed by atoms with E-state index in [9.17, 15) is 9.90 Å². The molecule has 2 aromatic carbocycles. The predicted molar refractivity (Wildman–Crippen MR) is 136 cm³/mol. The van der Waals surface area contributed by atoms with Crippen molar-refractivity contribution in [3.8, 4) is 45.8 Å². The first-order valence-corrected chi connectivity index (χ1v) is 12.4. The van der Waals surface area contributed by atoms with Crippen LogP contribution in [0.5, 0.6) is 23.0 Å². The molecule has 0 spiro atoms. The molecule has 0 amide bonds. The van der Waals surface area contributed by atoms with Crippen LogP contribution in [0, 0.1) is 0 Å². The number of nitrogens with zero attached hydrogens (tertiary/aromatic N) is 2. The number of aromatic hydroxyl groups is 1. The van der Waals surface area contributed by atoms with Crippen LogP contribution in [0.25, 0.3) is 22.8 Å². The molecule has 1 heterocycles. The molecule has 0 saturated carbocycles. The number of H-pyrrole nitrogens is 1. The Bertz CT molecular complexity index is 1150. The highest BCUT2D eigenvalue weighted by Gasteiger charge is 2.16. The summed E-state index contributed by atoms with van der Waals surface area (Å²) in [5.74, 6) is 2.17. The number of aromatic nitrogens is 3. The lowest BCUT2D eigenvalue weighted by molar-refractivity contribution is 0.295. The average molecular weight is 482 g/mol. The van der Waals surface area contributed by atoms with Gasteiger partial charge in [0.1, 0.15) is 28.8 Å². The zero-order chi connectivity index (χ0) is 25.0. The lowest BCUT2D eigenvalue weighted by Crippen LogP contribution is -2.15. The quantitative estimate of drug-likeness (QED) is 0.283. The molecule has 1 aromatic heterocycles. The van der Waals surface area contributed by atoms with Crippen LogP contribution < -0.4 is 19.9 Å². The second-order valence-electron chi connectivity index (χ2n) is 8.27. The van der Waals surface area contributed by atoms with Crippen LogP contribution >= 0.6 is 0 Å². The minimum atomic E-state index is -0.574. The van der Waals surface area contributed by atoms with Gasteiger partial charge >= 0.3 is 5.69 Å². The van der Waals surface area contributed by atoms with Gasteiger partial charge in [-0.25, -0.2) is 9.78 Å². The third kappa shape index (κ3) is 7.47. The fourth-order valence-corrected chi connectivity index (χ4v) is 3.33. The Morgan fingerprint density at radius 3 is 1.94 bits per heavy atom. The summed E-state index contributed by atoms with van der Waals surface area (Å²) in [4.78, 5) is 23.7. The minimum absolute atomic E-state index is 0.0432. The first kappa shape index (κ1) is 26.1. The number of rotatable bonds is 14. The monoisotopic (exact) mass is 481 g/mol. The summed E-state index contributed by atoms with van der Waals surface area (Å²) in [6.07, 6.45) is 5.83. The Hall–Kier alpha value is -3.55.